The third-order valence-electron chi connectivity index (χ3n) is 3.27. The Morgan fingerprint density at radius 2 is 2.06 bits per heavy atom. The van der Waals surface area contributed by atoms with Gasteiger partial charge in [0.05, 0.1) is 6.04 Å². The normalized spacial score (nSPS) is 19.2. The van der Waals surface area contributed by atoms with Gasteiger partial charge >= 0.3 is 6.09 Å². The molecule has 2 N–H and O–H groups in total. The van der Waals surface area contributed by atoms with E-state index in [-0.39, 0.29) is 5.54 Å². The molecule has 4 nitrogen and oxygen atoms in total. The fourth-order valence-electron chi connectivity index (χ4n) is 1.72. The Labute approximate surface area is 109 Å². The van der Waals surface area contributed by atoms with E-state index < -0.39 is 24.4 Å². The summed E-state index contributed by atoms with van der Waals surface area (Å²) in [6.45, 7) is 4.82. The van der Waals surface area contributed by atoms with Gasteiger partial charge in [0.2, 0.25) is 0 Å². The molecule has 1 atom stereocenters. The molecule has 0 aromatic heterocycles. The van der Waals surface area contributed by atoms with Gasteiger partial charge in [0.25, 0.3) is 0 Å². The zero-order chi connectivity index (χ0) is 14.0. The molecule has 0 spiro atoms. The Morgan fingerprint density at radius 3 is 2.44 bits per heavy atom. The molecule has 1 fully saturated rings. The van der Waals surface area contributed by atoms with E-state index in [0.29, 0.717) is 6.42 Å². The van der Waals surface area contributed by atoms with Crippen molar-refractivity contribution in [3.63, 3.8) is 0 Å². The third-order valence-corrected chi connectivity index (χ3v) is 3.27. The monoisotopic (exact) mass is 260 g/mol. The number of alkyl halides is 1. The van der Waals surface area contributed by atoms with Gasteiger partial charge < -0.3 is 15.4 Å². The molecule has 1 aliphatic carbocycles. The molecule has 18 heavy (non-hydrogen) atoms. The van der Waals surface area contributed by atoms with Crippen LogP contribution in [0.5, 0.6) is 0 Å². The zero-order valence-corrected chi connectivity index (χ0v) is 11.8. The summed E-state index contributed by atoms with van der Waals surface area (Å²) < 4.78 is 18.2. The molecule has 0 saturated heterocycles. The van der Waals surface area contributed by atoms with E-state index in [4.69, 9.17) is 10.5 Å². The van der Waals surface area contributed by atoms with Crippen molar-refractivity contribution < 1.29 is 13.9 Å². The second-order valence-corrected chi connectivity index (χ2v) is 6.30. The summed E-state index contributed by atoms with van der Waals surface area (Å²) in [5.41, 5.74) is 5.30. The maximum absolute atomic E-state index is 13.0. The average molecular weight is 260 g/mol. The maximum atomic E-state index is 13.0. The highest BCUT2D eigenvalue weighted by atomic mass is 19.1. The minimum atomic E-state index is -0.564. The highest BCUT2D eigenvalue weighted by molar-refractivity contribution is 5.68. The van der Waals surface area contributed by atoms with Crippen molar-refractivity contribution in [1.82, 2.24) is 4.90 Å². The van der Waals surface area contributed by atoms with E-state index in [2.05, 4.69) is 0 Å². The van der Waals surface area contributed by atoms with Crippen LogP contribution in [0.25, 0.3) is 0 Å². The summed E-state index contributed by atoms with van der Waals surface area (Å²) in [6, 6.07) is -0.444. The molecule has 1 amide bonds. The lowest BCUT2D eigenvalue weighted by atomic mass is 10.1. The molecule has 0 radical (unpaired) electrons. The fraction of sp³-hybridized carbons (Fsp3) is 0.923. The molecule has 106 valence electrons. The Balaban J connectivity index is 2.44. The van der Waals surface area contributed by atoms with Crippen LogP contribution in [0.1, 0.15) is 46.5 Å². The van der Waals surface area contributed by atoms with Crippen LogP contribution in [0.2, 0.25) is 0 Å². The van der Waals surface area contributed by atoms with Crippen molar-refractivity contribution in [1.29, 1.82) is 0 Å². The second-order valence-electron chi connectivity index (χ2n) is 6.30. The van der Waals surface area contributed by atoms with Crippen molar-refractivity contribution in [2.45, 2.75) is 63.6 Å². The highest BCUT2D eigenvalue weighted by Crippen LogP contribution is 2.37. The Hall–Kier alpha value is -0.840. The van der Waals surface area contributed by atoms with E-state index in [1.807, 2.05) is 0 Å². The predicted molar refractivity (Wildman–Crippen MR) is 69.1 cm³/mol. The molecule has 0 aromatic carbocycles. The first-order valence-corrected chi connectivity index (χ1v) is 6.47. The van der Waals surface area contributed by atoms with Gasteiger partial charge in [0, 0.05) is 12.6 Å². The van der Waals surface area contributed by atoms with Crippen LogP contribution < -0.4 is 5.73 Å². The third kappa shape index (κ3) is 4.80. The van der Waals surface area contributed by atoms with Gasteiger partial charge in [-0.2, -0.15) is 0 Å². The molecule has 0 heterocycles. The minimum Gasteiger partial charge on any atom is -0.444 e. The lowest BCUT2D eigenvalue weighted by Crippen LogP contribution is -2.42. The Kier molecular flexibility index (Phi) is 4.59. The van der Waals surface area contributed by atoms with E-state index in [1.165, 1.54) is 4.90 Å². The minimum absolute atomic E-state index is 0.109. The van der Waals surface area contributed by atoms with Crippen LogP contribution in [0, 0.1) is 0 Å². The molecular weight excluding hydrogens is 235 g/mol. The number of carbonyl (C=O) groups is 1. The smallest absolute Gasteiger partial charge is 0.410 e. The summed E-state index contributed by atoms with van der Waals surface area (Å²) in [7, 11) is 1.58. The van der Waals surface area contributed by atoms with Crippen LogP contribution in [-0.4, -0.2) is 41.9 Å². The number of nitrogens with two attached hydrogens (primary N) is 1. The predicted octanol–water partition coefficient (Wildman–Crippen LogP) is 2.46. The van der Waals surface area contributed by atoms with Gasteiger partial charge in [-0.25, -0.2) is 9.18 Å². The molecule has 0 bridgehead atoms. The quantitative estimate of drug-likeness (QED) is 0.826. The lowest BCUT2D eigenvalue weighted by Gasteiger charge is -2.29. The van der Waals surface area contributed by atoms with Gasteiger partial charge in [0.15, 0.2) is 0 Å². The number of carbonyl (C=O) groups excluding carboxylic acids is 1. The van der Waals surface area contributed by atoms with E-state index in [9.17, 15) is 9.18 Å². The number of hydrogen-bond donors (Lipinski definition) is 1. The number of nitrogens with zero attached hydrogens (tertiary/aromatic N) is 1. The standard InChI is InChI=1S/C13H25FN2O2/c1-12(2,3)18-11(17)16(4)10(9-14)5-6-13(15)7-8-13/h10H,5-9,15H2,1-4H3. The molecule has 5 heteroatoms. The van der Waals surface area contributed by atoms with Crippen molar-refractivity contribution in [3.8, 4) is 0 Å². The van der Waals surface area contributed by atoms with E-state index in [1.54, 1.807) is 27.8 Å². The number of halogens is 1. The summed E-state index contributed by atoms with van der Waals surface area (Å²) in [6.07, 6.45) is 2.87. The van der Waals surface area contributed by atoms with Crippen LogP contribution in [0.15, 0.2) is 0 Å². The van der Waals surface area contributed by atoms with Crippen molar-refractivity contribution in [2.75, 3.05) is 13.7 Å². The number of rotatable bonds is 5. The van der Waals surface area contributed by atoms with Crippen LogP contribution in [-0.2, 0) is 4.74 Å². The van der Waals surface area contributed by atoms with Crippen molar-refractivity contribution >= 4 is 6.09 Å². The Bertz CT molecular complexity index is 298. The van der Waals surface area contributed by atoms with Gasteiger partial charge in [-0.1, -0.05) is 0 Å². The molecule has 1 unspecified atom stereocenters. The zero-order valence-electron chi connectivity index (χ0n) is 11.8. The molecule has 0 aromatic rings. The molecule has 0 aliphatic heterocycles. The largest absolute Gasteiger partial charge is 0.444 e. The summed E-state index contributed by atoms with van der Waals surface area (Å²) >= 11 is 0. The van der Waals surface area contributed by atoms with Crippen LogP contribution >= 0.6 is 0 Å². The van der Waals surface area contributed by atoms with Gasteiger partial charge in [-0.05, 0) is 46.5 Å². The summed E-state index contributed by atoms with van der Waals surface area (Å²) in [5, 5.41) is 0. The fourth-order valence-corrected chi connectivity index (χ4v) is 1.72. The van der Waals surface area contributed by atoms with Gasteiger partial charge in [0.1, 0.15) is 12.3 Å². The molecule has 1 rings (SSSR count). The lowest BCUT2D eigenvalue weighted by molar-refractivity contribution is 0.0186. The first kappa shape index (κ1) is 15.2. The average Bonchev–Trinajstić information content (AvgIpc) is 2.95. The number of ether oxygens (including phenoxy) is 1. The maximum Gasteiger partial charge on any atom is 0.410 e. The van der Waals surface area contributed by atoms with Crippen LogP contribution in [0.4, 0.5) is 9.18 Å². The molecule has 1 saturated carbocycles. The summed E-state index contributed by atoms with van der Waals surface area (Å²) in [4.78, 5) is 13.1. The molecule has 1 aliphatic rings. The first-order chi connectivity index (χ1) is 8.17. The number of amides is 1. The topological polar surface area (TPSA) is 55.6 Å². The van der Waals surface area contributed by atoms with Gasteiger partial charge in [-0.15, -0.1) is 0 Å². The van der Waals surface area contributed by atoms with E-state index >= 15 is 0 Å². The molecular formula is C13H25FN2O2. The number of hydrogen-bond acceptors (Lipinski definition) is 3. The second kappa shape index (κ2) is 5.43. The van der Waals surface area contributed by atoms with Gasteiger partial charge in [-0.3, -0.25) is 0 Å². The Morgan fingerprint density at radius 1 is 1.50 bits per heavy atom. The van der Waals surface area contributed by atoms with E-state index in [0.717, 1.165) is 19.3 Å². The highest BCUT2D eigenvalue weighted by Gasteiger charge is 2.38. The van der Waals surface area contributed by atoms with Crippen molar-refractivity contribution in [2.24, 2.45) is 5.73 Å². The first-order valence-electron chi connectivity index (χ1n) is 6.47. The summed E-state index contributed by atoms with van der Waals surface area (Å²) in [5.74, 6) is 0. The SMILES string of the molecule is CN(C(=O)OC(C)(C)C)C(CF)CCC1(N)CC1. The van der Waals surface area contributed by atoms with Crippen LogP contribution in [0.3, 0.4) is 0 Å². The van der Waals surface area contributed by atoms with Crippen molar-refractivity contribution in [3.05, 3.63) is 0 Å².